The Morgan fingerprint density at radius 1 is 1.16 bits per heavy atom. The quantitative estimate of drug-likeness (QED) is 0.343. The Bertz CT molecular complexity index is 1200. The van der Waals surface area contributed by atoms with Crippen LogP contribution in [0.25, 0.3) is 0 Å². The summed E-state index contributed by atoms with van der Waals surface area (Å²) < 4.78 is 10.9. The molecule has 7 heteroatoms. The molecule has 0 spiro atoms. The van der Waals surface area contributed by atoms with Gasteiger partial charge < -0.3 is 19.8 Å². The smallest absolute Gasteiger partial charge is 0.291 e. The van der Waals surface area contributed by atoms with Gasteiger partial charge in [0.2, 0.25) is 0 Å². The van der Waals surface area contributed by atoms with Crippen molar-refractivity contribution >= 4 is 28.1 Å². The lowest BCUT2D eigenvalue weighted by Gasteiger charge is -2.23. The SMILES string of the molecule is CCc1cc([C@@H](Nc2cc(C)ccn2)c2ccccc2OC)c(NC(=O)c2ccco2)s1. The van der Waals surface area contributed by atoms with E-state index in [-0.39, 0.29) is 17.7 Å². The van der Waals surface area contributed by atoms with E-state index in [2.05, 4.69) is 28.6 Å². The number of ether oxygens (including phenoxy) is 1. The minimum absolute atomic E-state index is 0.268. The van der Waals surface area contributed by atoms with Crippen LogP contribution in [0.2, 0.25) is 0 Å². The van der Waals surface area contributed by atoms with Crippen LogP contribution >= 0.6 is 11.3 Å². The Balaban J connectivity index is 1.79. The number of hydrogen-bond acceptors (Lipinski definition) is 6. The molecule has 0 aliphatic rings. The molecule has 0 bridgehead atoms. The number of nitrogens with one attached hydrogen (secondary N) is 2. The summed E-state index contributed by atoms with van der Waals surface area (Å²) in [5.41, 5.74) is 3.00. The molecule has 0 radical (unpaired) electrons. The number of carbonyl (C=O) groups excluding carboxylic acids is 1. The maximum absolute atomic E-state index is 12.8. The molecule has 0 saturated heterocycles. The van der Waals surface area contributed by atoms with E-state index in [0.29, 0.717) is 0 Å². The summed E-state index contributed by atoms with van der Waals surface area (Å²) in [6.07, 6.45) is 4.13. The van der Waals surface area contributed by atoms with E-state index >= 15 is 0 Å². The van der Waals surface area contributed by atoms with Crippen molar-refractivity contribution in [2.75, 3.05) is 17.7 Å². The molecule has 0 aliphatic heterocycles. The number of hydrogen-bond donors (Lipinski definition) is 2. The predicted octanol–water partition coefficient (Wildman–Crippen LogP) is 6.07. The zero-order valence-corrected chi connectivity index (χ0v) is 19.0. The molecule has 3 aromatic heterocycles. The highest BCUT2D eigenvalue weighted by atomic mass is 32.1. The first-order valence-electron chi connectivity index (χ1n) is 10.4. The van der Waals surface area contributed by atoms with Gasteiger partial charge in [0.25, 0.3) is 5.91 Å². The number of para-hydroxylation sites is 1. The highest BCUT2D eigenvalue weighted by Crippen LogP contribution is 2.40. The third-order valence-electron chi connectivity index (χ3n) is 5.10. The maximum atomic E-state index is 12.8. The van der Waals surface area contributed by atoms with Crippen LogP contribution in [0.15, 0.2) is 71.5 Å². The Kier molecular flexibility index (Phi) is 6.56. The molecule has 32 heavy (non-hydrogen) atoms. The number of benzene rings is 1. The summed E-state index contributed by atoms with van der Waals surface area (Å²) in [6, 6.07) is 17.0. The molecule has 0 aliphatic carbocycles. The lowest BCUT2D eigenvalue weighted by atomic mass is 9.98. The van der Waals surface area contributed by atoms with E-state index in [4.69, 9.17) is 9.15 Å². The Labute approximate surface area is 191 Å². The molecule has 1 aromatic carbocycles. The highest BCUT2D eigenvalue weighted by Gasteiger charge is 2.25. The molecule has 0 unspecified atom stereocenters. The number of anilines is 2. The third-order valence-corrected chi connectivity index (χ3v) is 6.31. The second-order valence-electron chi connectivity index (χ2n) is 7.32. The molecule has 3 heterocycles. The first kappa shape index (κ1) is 21.6. The molecule has 6 nitrogen and oxygen atoms in total. The van der Waals surface area contributed by atoms with Gasteiger partial charge in [0.05, 0.1) is 19.4 Å². The van der Waals surface area contributed by atoms with Gasteiger partial charge in [0.15, 0.2) is 5.76 Å². The van der Waals surface area contributed by atoms with Crippen molar-refractivity contribution in [3.8, 4) is 5.75 Å². The van der Waals surface area contributed by atoms with Crippen LogP contribution in [-0.2, 0) is 6.42 Å². The summed E-state index contributed by atoms with van der Waals surface area (Å²) in [7, 11) is 1.66. The second-order valence-corrected chi connectivity index (χ2v) is 8.46. The Hall–Kier alpha value is -3.58. The largest absolute Gasteiger partial charge is 0.496 e. The summed E-state index contributed by atoms with van der Waals surface area (Å²) >= 11 is 1.56. The monoisotopic (exact) mass is 447 g/mol. The van der Waals surface area contributed by atoms with E-state index in [1.807, 2.05) is 43.3 Å². The average molecular weight is 448 g/mol. The van der Waals surface area contributed by atoms with Gasteiger partial charge in [-0.1, -0.05) is 25.1 Å². The fraction of sp³-hybridized carbons (Fsp3) is 0.200. The first-order chi connectivity index (χ1) is 15.6. The minimum Gasteiger partial charge on any atom is -0.496 e. The highest BCUT2D eigenvalue weighted by molar-refractivity contribution is 7.16. The molecular formula is C25H25N3O3S. The number of thiophene rings is 1. The molecule has 0 fully saturated rings. The number of furan rings is 1. The molecular weight excluding hydrogens is 422 g/mol. The number of carbonyl (C=O) groups is 1. The first-order valence-corrected chi connectivity index (χ1v) is 11.2. The van der Waals surface area contributed by atoms with E-state index in [0.717, 1.165) is 44.6 Å². The van der Waals surface area contributed by atoms with E-state index < -0.39 is 0 Å². The zero-order valence-electron chi connectivity index (χ0n) is 18.2. The van der Waals surface area contributed by atoms with Crippen molar-refractivity contribution in [3.63, 3.8) is 0 Å². The van der Waals surface area contributed by atoms with E-state index in [1.165, 1.54) is 6.26 Å². The van der Waals surface area contributed by atoms with Gasteiger partial charge >= 0.3 is 0 Å². The van der Waals surface area contributed by atoms with Crippen LogP contribution in [0.1, 0.15) is 45.1 Å². The van der Waals surface area contributed by atoms with Crippen molar-refractivity contribution < 1.29 is 13.9 Å². The van der Waals surface area contributed by atoms with Crippen LogP contribution in [0, 0.1) is 6.92 Å². The lowest BCUT2D eigenvalue weighted by Crippen LogP contribution is -2.17. The van der Waals surface area contributed by atoms with Crippen LogP contribution in [0.3, 0.4) is 0 Å². The van der Waals surface area contributed by atoms with Crippen molar-refractivity contribution in [2.24, 2.45) is 0 Å². The van der Waals surface area contributed by atoms with Gasteiger partial charge in [-0.3, -0.25) is 4.79 Å². The summed E-state index contributed by atoms with van der Waals surface area (Å²) in [6.45, 7) is 4.13. The molecule has 0 saturated carbocycles. The third kappa shape index (κ3) is 4.68. The summed E-state index contributed by atoms with van der Waals surface area (Å²) in [4.78, 5) is 18.4. The Morgan fingerprint density at radius 2 is 2.00 bits per heavy atom. The lowest BCUT2D eigenvalue weighted by molar-refractivity contribution is 0.0997. The zero-order chi connectivity index (χ0) is 22.5. The number of methoxy groups -OCH3 is 1. The van der Waals surface area contributed by atoms with Gasteiger partial charge in [0.1, 0.15) is 16.6 Å². The normalized spacial score (nSPS) is 11.7. The molecule has 164 valence electrons. The van der Waals surface area contributed by atoms with Gasteiger partial charge in [-0.15, -0.1) is 11.3 Å². The molecule has 1 amide bonds. The van der Waals surface area contributed by atoms with Gasteiger partial charge in [-0.2, -0.15) is 0 Å². The van der Waals surface area contributed by atoms with Gasteiger partial charge in [-0.05, 0) is 55.3 Å². The van der Waals surface area contributed by atoms with E-state index in [9.17, 15) is 4.79 Å². The summed E-state index contributed by atoms with van der Waals surface area (Å²) in [5.74, 6) is 1.48. The van der Waals surface area contributed by atoms with Crippen LogP contribution in [-0.4, -0.2) is 18.0 Å². The number of pyridine rings is 1. The number of amides is 1. The van der Waals surface area contributed by atoms with Crippen molar-refractivity contribution in [2.45, 2.75) is 26.3 Å². The molecule has 4 rings (SSSR count). The molecule has 1 atom stereocenters. The molecule has 4 aromatic rings. The van der Waals surface area contributed by atoms with Gasteiger partial charge in [0, 0.05) is 22.2 Å². The number of aryl methyl sites for hydroxylation is 2. The second kappa shape index (κ2) is 9.70. The number of nitrogens with zero attached hydrogens (tertiary/aromatic N) is 1. The van der Waals surface area contributed by atoms with Gasteiger partial charge in [-0.25, -0.2) is 4.98 Å². The standard InChI is InChI=1S/C25H25N3O3S/c1-4-17-15-19(25(32-17)28-24(29)21-10-7-13-31-21)23(18-8-5-6-9-20(18)30-3)27-22-14-16(2)11-12-26-22/h5-15,23H,4H2,1-3H3,(H,26,27)(H,28,29)/t23-/m0/s1. The topological polar surface area (TPSA) is 76.4 Å². The fourth-order valence-electron chi connectivity index (χ4n) is 3.51. The Morgan fingerprint density at radius 3 is 2.72 bits per heavy atom. The maximum Gasteiger partial charge on any atom is 0.291 e. The number of aromatic nitrogens is 1. The van der Waals surface area contributed by atoms with Crippen LogP contribution in [0.5, 0.6) is 5.75 Å². The van der Waals surface area contributed by atoms with Crippen LogP contribution < -0.4 is 15.4 Å². The predicted molar refractivity (Wildman–Crippen MR) is 128 cm³/mol. The van der Waals surface area contributed by atoms with Crippen LogP contribution in [0.4, 0.5) is 10.8 Å². The average Bonchev–Trinajstić information content (AvgIpc) is 3.48. The fourth-order valence-corrected chi connectivity index (χ4v) is 4.54. The minimum atomic E-state index is -0.288. The van der Waals surface area contributed by atoms with Crippen molar-refractivity contribution in [3.05, 3.63) is 94.4 Å². The van der Waals surface area contributed by atoms with E-state index in [1.54, 1.807) is 36.8 Å². The summed E-state index contributed by atoms with van der Waals surface area (Å²) in [5, 5.41) is 7.35. The van der Waals surface area contributed by atoms with Crippen molar-refractivity contribution in [1.29, 1.82) is 0 Å². The number of rotatable bonds is 8. The van der Waals surface area contributed by atoms with Crippen molar-refractivity contribution in [1.82, 2.24) is 4.98 Å². The molecule has 2 N–H and O–H groups in total.